The third-order valence-corrected chi connectivity index (χ3v) is 21.3. The summed E-state index contributed by atoms with van der Waals surface area (Å²) in [5, 5.41) is 0. The highest BCUT2D eigenvalue weighted by Gasteiger charge is 2.63. The second-order valence-electron chi connectivity index (χ2n) is 11.2. The fraction of sp³-hybridized carbons (Fsp3) is 0.850. The highest BCUT2D eigenvalue weighted by Crippen LogP contribution is 2.43. The first-order valence-electron chi connectivity index (χ1n) is 11.4. The van der Waals surface area contributed by atoms with Crippen molar-refractivity contribution in [2.75, 3.05) is 0 Å². The van der Waals surface area contributed by atoms with Crippen LogP contribution in [-0.4, -0.2) is 48.5 Å². The Morgan fingerprint density at radius 1 is 0.742 bits per heavy atom. The summed E-state index contributed by atoms with van der Waals surface area (Å²) < 4.78 is 33.5. The average molecular weight is 525 g/mol. The van der Waals surface area contributed by atoms with Crippen LogP contribution in [0.5, 0.6) is 0 Å². The van der Waals surface area contributed by atoms with E-state index in [4.69, 9.17) is 20.9 Å². The molecular formula is C20H48O6Si5. The van der Waals surface area contributed by atoms with Gasteiger partial charge in [0, 0.05) is 17.2 Å². The summed E-state index contributed by atoms with van der Waals surface area (Å²) in [4.78, 5) is 12.5. The molecule has 31 heavy (non-hydrogen) atoms. The fourth-order valence-electron chi connectivity index (χ4n) is 3.12. The molecule has 0 aliphatic carbocycles. The molecule has 0 saturated carbocycles. The van der Waals surface area contributed by atoms with Crippen molar-refractivity contribution in [2.45, 2.75) is 111 Å². The molecule has 11 heteroatoms. The van der Waals surface area contributed by atoms with Crippen molar-refractivity contribution in [3.05, 3.63) is 12.7 Å². The zero-order valence-corrected chi connectivity index (χ0v) is 27.3. The van der Waals surface area contributed by atoms with Crippen LogP contribution < -0.4 is 0 Å². The lowest BCUT2D eigenvalue weighted by Gasteiger charge is -2.48. The Labute approximate surface area is 197 Å². The van der Waals surface area contributed by atoms with Crippen molar-refractivity contribution in [3.8, 4) is 0 Å². The average Bonchev–Trinajstić information content (AvgIpc) is 2.54. The lowest BCUT2D eigenvalue weighted by Crippen LogP contribution is -2.68. The molecule has 0 amide bonds. The Hall–Kier alpha value is 0.134. The van der Waals surface area contributed by atoms with E-state index in [2.05, 4.69) is 93.2 Å². The molecule has 0 saturated heterocycles. The van der Waals surface area contributed by atoms with Gasteiger partial charge >= 0.3 is 23.6 Å². The molecule has 2 atom stereocenters. The molecule has 0 heterocycles. The highest BCUT2D eigenvalue weighted by molar-refractivity contribution is 6.91. The minimum Gasteiger partial charge on any atom is -0.491 e. The van der Waals surface area contributed by atoms with Gasteiger partial charge in [0.1, 0.15) is 0 Å². The Bertz CT molecular complexity index is 544. The van der Waals surface area contributed by atoms with Gasteiger partial charge in [0.15, 0.2) is 25.0 Å². The molecule has 0 aromatic carbocycles. The van der Waals surface area contributed by atoms with Crippen molar-refractivity contribution in [2.24, 2.45) is 0 Å². The molecule has 0 bridgehead atoms. The Morgan fingerprint density at radius 2 is 1.06 bits per heavy atom. The maximum atomic E-state index is 12.5. The number of hydrogen-bond acceptors (Lipinski definition) is 6. The number of carbonyl (C=O) groups excluding carboxylic acids is 1. The van der Waals surface area contributed by atoms with Gasteiger partial charge in [0.2, 0.25) is 0 Å². The molecule has 0 N–H and O–H groups in total. The van der Waals surface area contributed by atoms with Crippen LogP contribution in [0.1, 0.15) is 40.5 Å². The van der Waals surface area contributed by atoms with Crippen molar-refractivity contribution >= 4 is 48.5 Å². The quantitative estimate of drug-likeness (QED) is 0.185. The van der Waals surface area contributed by atoms with E-state index in [0.717, 1.165) is 12.8 Å². The van der Waals surface area contributed by atoms with Crippen LogP contribution in [0.2, 0.25) is 70.0 Å². The van der Waals surface area contributed by atoms with Crippen LogP contribution in [0.25, 0.3) is 0 Å². The number of carbonyl (C=O) groups is 1. The normalized spacial score (nSPS) is 17.6. The predicted octanol–water partition coefficient (Wildman–Crippen LogP) is 6.76. The summed E-state index contributed by atoms with van der Waals surface area (Å²) in [6.45, 7) is 31.1. The fourth-order valence-corrected chi connectivity index (χ4v) is 21.6. The Morgan fingerprint density at radius 3 is 1.29 bits per heavy atom. The lowest BCUT2D eigenvalue weighted by atomic mass is 10.4. The summed E-state index contributed by atoms with van der Waals surface area (Å²) >= 11 is 0. The lowest BCUT2D eigenvalue weighted by molar-refractivity contribution is -0.131. The zero-order chi connectivity index (χ0) is 24.9. The van der Waals surface area contributed by atoms with E-state index in [1.807, 2.05) is 0 Å². The molecule has 0 rings (SSSR count). The van der Waals surface area contributed by atoms with Gasteiger partial charge in [-0.2, -0.15) is 0 Å². The van der Waals surface area contributed by atoms with Crippen molar-refractivity contribution in [3.63, 3.8) is 0 Å². The van der Waals surface area contributed by atoms with Crippen LogP contribution in [0.4, 0.5) is 0 Å². The predicted molar refractivity (Wildman–Crippen MR) is 142 cm³/mol. The van der Waals surface area contributed by atoms with Crippen molar-refractivity contribution < 1.29 is 25.7 Å². The molecule has 6 nitrogen and oxygen atoms in total. The maximum absolute atomic E-state index is 12.5. The van der Waals surface area contributed by atoms with Gasteiger partial charge in [0.25, 0.3) is 0 Å². The molecule has 2 unspecified atom stereocenters. The van der Waals surface area contributed by atoms with Gasteiger partial charge in [-0.15, -0.1) is 0 Å². The summed E-state index contributed by atoms with van der Waals surface area (Å²) in [6.07, 6.45) is 2.85. The second kappa shape index (κ2) is 11.5. The summed E-state index contributed by atoms with van der Waals surface area (Å²) in [7, 11) is -13.2. The third kappa shape index (κ3) is 10.7. The molecule has 0 aliphatic rings. The summed E-state index contributed by atoms with van der Waals surface area (Å²) in [6, 6.07) is 0. The summed E-state index contributed by atoms with van der Waals surface area (Å²) in [5.41, 5.74) is 0.0814. The standard InChI is InChI=1S/C20H48O6Si5/c1-15-18(4)30(19(5)16-2,22-20(21)17-3)26-31(23-27(6,7)8,24-28(9,10)11)25-29(12,13)14/h17-19H,3,15-16H2,1-2,4-14H3. The van der Waals surface area contributed by atoms with E-state index in [1.165, 1.54) is 6.08 Å². The van der Waals surface area contributed by atoms with Gasteiger partial charge in [0.05, 0.1) is 0 Å². The first-order chi connectivity index (χ1) is 13.7. The van der Waals surface area contributed by atoms with Crippen LogP contribution in [0, 0.1) is 0 Å². The SMILES string of the molecule is C=CC(=O)O[Si](O[Si](O[Si](C)(C)C)(O[Si](C)(C)C)O[Si](C)(C)C)(C(C)CC)C(C)CC. The third-order valence-electron chi connectivity index (χ3n) is 4.60. The van der Waals surface area contributed by atoms with E-state index in [0.29, 0.717) is 0 Å². The largest absolute Gasteiger partial charge is 0.639 e. The van der Waals surface area contributed by atoms with Crippen molar-refractivity contribution in [1.29, 1.82) is 0 Å². The highest BCUT2D eigenvalue weighted by atomic mass is 28.5. The van der Waals surface area contributed by atoms with Crippen molar-refractivity contribution in [1.82, 2.24) is 0 Å². The van der Waals surface area contributed by atoms with Gasteiger partial charge in [-0.3, -0.25) is 0 Å². The molecule has 0 spiro atoms. The van der Waals surface area contributed by atoms with E-state index in [9.17, 15) is 4.79 Å². The van der Waals surface area contributed by atoms with Crippen LogP contribution in [-0.2, 0) is 25.7 Å². The van der Waals surface area contributed by atoms with Crippen LogP contribution in [0.15, 0.2) is 12.7 Å². The minimum atomic E-state index is -3.64. The van der Waals surface area contributed by atoms with Gasteiger partial charge < -0.3 is 20.9 Å². The summed E-state index contributed by atoms with van der Waals surface area (Å²) in [5.74, 6) is -0.454. The van der Waals surface area contributed by atoms with Gasteiger partial charge in [-0.05, 0) is 58.9 Å². The topological polar surface area (TPSA) is 63.2 Å². The molecule has 0 aromatic heterocycles. The van der Waals surface area contributed by atoms with Gasteiger partial charge in [-0.25, -0.2) is 4.79 Å². The first-order valence-corrected chi connectivity index (χ1v) is 25.2. The van der Waals surface area contributed by atoms with Gasteiger partial charge in [-0.1, -0.05) is 47.1 Å². The number of rotatable bonds is 14. The Kier molecular flexibility index (Phi) is 11.6. The molecule has 184 valence electrons. The van der Waals surface area contributed by atoms with Crippen LogP contribution in [0.3, 0.4) is 0 Å². The second-order valence-corrected chi connectivity index (χ2v) is 31.8. The van der Waals surface area contributed by atoms with E-state index >= 15 is 0 Å². The molecular weight excluding hydrogens is 477 g/mol. The smallest absolute Gasteiger partial charge is 0.491 e. The minimum absolute atomic E-state index is 0.0407. The molecule has 0 fully saturated rings. The zero-order valence-electron chi connectivity index (χ0n) is 22.3. The van der Waals surface area contributed by atoms with Crippen LogP contribution >= 0.6 is 0 Å². The van der Waals surface area contributed by atoms with E-state index in [-0.39, 0.29) is 11.1 Å². The first kappa shape index (κ1) is 31.1. The van der Waals surface area contributed by atoms with E-state index in [1.54, 1.807) is 0 Å². The van der Waals surface area contributed by atoms with E-state index < -0.39 is 48.5 Å². The molecule has 0 radical (unpaired) electrons. The monoisotopic (exact) mass is 524 g/mol. The molecule has 0 aromatic rings. The molecule has 0 aliphatic heterocycles. The number of hydrogen-bond donors (Lipinski definition) is 0. The Balaban J connectivity index is 6.93. The maximum Gasteiger partial charge on any atom is 0.639 e.